The van der Waals surface area contributed by atoms with Crippen molar-refractivity contribution < 1.29 is 37.9 Å². The van der Waals surface area contributed by atoms with E-state index in [9.17, 15) is 0 Å². The maximum atomic E-state index is 7.13. The van der Waals surface area contributed by atoms with Gasteiger partial charge in [0, 0.05) is 142 Å². The standard InChI is InChI=1S/C68H72N8O8/c1-5-9-13-17-21-41-45-33-47-42(22-18-14-10-6-2)49-35-51-44(24-20-16-12-8-4)52-36-50-43(23-19-15-11-7-3)48-34-46(41)54-38-56(48)80-64-66(74-30-28-72-64)82-58(50)40-60(52)84-68-67(75-31-32-76-68)83-59(51)39-57(49)81-65-63(71-27-29-73-65)79-55(47)37-53(45)77-61-62(78-54)70-26-25-69-61/h25-44H,5-24H2,1-4H3. The van der Waals surface area contributed by atoms with E-state index in [1.165, 1.54) is 0 Å². The first-order valence-electron chi connectivity index (χ1n) is 30.8. The van der Waals surface area contributed by atoms with Gasteiger partial charge in [0.15, 0.2) is 0 Å². The molecule has 0 saturated heterocycles. The average Bonchev–Trinajstić information content (AvgIpc) is 2.61. The molecule has 16 nitrogen and oxygen atoms in total. The van der Waals surface area contributed by atoms with Crippen LogP contribution in [0.2, 0.25) is 0 Å². The van der Waals surface area contributed by atoms with Gasteiger partial charge in [0.05, 0.1) is 0 Å². The maximum absolute atomic E-state index is 7.13. The number of nitrogens with zero attached hydrogens (tertiary/aromatic N) is 8. The van der Waals surface area contributed by atoms with Gasteiger partial charge in [-0.1, -0.05) is 130 Å². The van der Waals surface area contributed by atoms with Crippen LogP contribution in [0.3, 0.4) is 0 Å². The lowest BCUT2D eigenvalue weighted by atomic mass is 9.76. The number of fused-ring (bicyclic) bond motifs is 4. The second kappa shape index (κ2) is 24.8. The lowest BCUT2D eigenvalue weighted by molar-refractivity contribution is 0.374. The Morgan fingerprint density at radius 1 is 0.226 bits per heavy atom. The van der Waals surface area contributed by atoms with E-state index in [0.717, 1.165) is 173 Å². The largest absolute Gasteiger partial charge is 0.434 e. The number of hydrogen-bond donors (Lipinski definition) is 0. The van der Waals surface area contributed by atoms with Crippen molar-refractivity contribution in [3.63, 3.8) is 0 Å². The second-order valence-corrected chi connectivity index (χ2v) is 22.8. The third-order valence-corrected chi connectivity index (χ3v) is 17.1. The van der Waals surface area contributed by atoms with E-state index >= 15 is 0 Å². The van der Waals surface area contributed by atoms with Gasteiger partial charge >= 0.3 is 0 Å². The van der Waals surface area contributed by atoms with Crippen molar-refractivity contribution in [1.29, 1.82) is 0 Å². The molecule has 13 rings (SSSR count). The van der Waals surface area contributed by atoms with E-state index in [2.05, 4.69) is 52.0 Å². The van der Waals surface area contributed by atoms with Gasteiger partial charge in [-0.15, -0.1) is 0 Å². The monoisotopic (exact) mass is 1130 g/mol. The van der Waals surface area contributed by atoms with Crippen LogP contribution in [0.25, 0.3) is 0 Å². The number of rotatable bonds is 20. The highest BCUT2D eigenvalue weighted by molar-refractivity contribution is 5.67. The molecule has 0 amide bonds. The van der Waals surface area contributed by atoms with Crippen molar-refractivity contribution in [2.75, 3.05) is 0 Å². The molecule has 0 fully saturated rings. The van der Waals surface area contributed by atoms with E-state index in [1.54, 1.807) is 49.6 Å². The Morgan fingerprint density at radius 2 is 0.393 bits per heavy atom. The number of hydrogen-bond acceptors (Lipinski definition) is 16. The summed E-state index contributed by atoms with van der Waals surface area (Å²) in [5.41, 5.74) is 7.71. The third kappa shape index (κ3) is 11.0. The Bertz CT molecular complexity index is 3020. The Labute approximate surface area is 491 Å². The molecule has 16 heteroatoms. The van der Waals surface area contributed by atoms with Crippen LogP contribution in [0.15, 0.2) is 98.1 Å². The Morgan fingerprint density at radius 3 is 0.548 bits per heavy atom. The zero-order valence-electron chi connectivity index (χ0n) is 48.5. The van der Waals surface area contributed by atoms with Crippen LogP contribution in [-0.2, 0) is 0 Å². The first kappa shape index (κ1) is 54.8. The molecular formula is C68H72N8O8. The molecule has 0 spiro atoms. The SMILES string of the molecule is CCCCCCC1c2cc3c4cc2Oc2nccnc2Oc2cc5c(cc21)C(CCCCCC)c1cc2c(cc1Oc1nccnc1O5)Oc1nccnc1Oc1cc(c(cc1C2CCCCCC)C3CCCCCC)Oc1nccnc1O4. The molecule has 1 aliphatic carbocycles. The Hall–Kier alpha value is -8.40. The topological polar surface area (TPSA) is 177 Å². The summed E-state index contributed by atoms with van der Waals surface area (Å²) in [7, 11) is 0. The molecule has 0 saturated carbocycles. The first-order chi connectivity index (χ1) is 41.5. The van der Waals surface area contributed by atoms with Crippen molar-refractivity contribution in [1.82, 2.24) is 39.9 Å². The van der Waals surface area contributed by atoms with E-state index < -0.39 is 0 Å². The normalized spacial score (nSPS) is 17.1. The summed E-state index contributed by atoms with van der Waals surface area (Å²) >= 11 is 0. The van der Waals surface area contributed by atoms with E-state index in [-0.39, 0.29) is 70.7 Å². The smallest absolute Gasteiger partial charge is 0.284 e. The molecule has 4 aliphatic heterocycles. The molecular weight excluding hydrogens is 1060 g/mol. The molecule has 0 N–H and O–H groups in total. The van der Waals surface area contributed by atoms with Gasteiger partial charge < -0.3 is 37.9 Å². The summed E-state index contributed by atoms with van der Waals surface area (Å²) in [5, 5.41) is 0. The summed E-state index contributed by atoms with van der Waals surface area (Å²) in [5.74, 6) is 5.00. The van der Waals surface area contributed by atoms with Gasteiger partial charge in [0.2, 0.25) is 0 Å². The molecule has 8 aromatic rings. The van der Waals surface area contributed by atoms with Crippen molar-refractivity contribution in [2.45, 2.75) is 180 Å². The fourth-order valence-electron chi connectivity index (χ4n) is 12.9. The lowest BCUT2D eigenvalue weighted by Gasteiger charge is -2.30. The molecule has 0 atom stereocenters. The molecule has 5 aliphatic rings. The van der Waals surface area contributed by atoms with Crippen LogP contribution in [-0.4, -0.2) is 39.9 Å². The summed E-state index contributed by atoms with van der Waals surface area (Å²) in [4.78, 5) is 38.4. The third-order valence-electron chi connectivity index (χ3n) is 17.1. The van der Waals surface area contributed by atoms with Gasteiger partial charge in [-0.25, -0.2) is 39.9 Å². The van der Waals surface area contributed by atoms with Crippen LogP contribution in [0.1, 0.15) is 224 Å². The fraction of sp³-hybridized carbons (Fsp3) is 0.412. The van der Waals surface area contributed by atoms with Gasteiger partial charge in [0.25, 0.3) is 47.0 Å². The van der Waals surface area contributed by atoms with Crippen molar-refractivity contribution in [2.24, 2.45) is 0 Å². The van der Waals surface area contributed by atoms with Crippen LogP contribution in [0, 0.1) is 0 Å². The van der Waals surface area contributed by atoms with Crippen molar-refractivity contribution in [3.8, 4) is 93.0 Å². The van der Waals surface area contributed by atoms with Gasteiger partial charge in [-0.05, 0) is 49.9 Å². The van der Waals surface area contributed by atoms with Crippen LogP contribution >= 0.6 is 0 Å². The van der Waals surface area contributed by atoms with Crippen molar-refractivity contribution >= 4 is 0 Å². The summed E-state index contributed by atoms with van der Waals surface area (Å²) in [6, 6.07) is 17.4. The molecule has 84 heavy (non-hydrogen) atoms. The minimum atomic E-state index is -0.283. The minimum absolute atomic E-state index is 0.201. The molecule has 8 bridgehead atoms. The quantitative estimate of drug-likeness (QED) is 0.0658. The number of aromatic nitrogens is 8. The molecule has 4 aromatic heterocycles. The maximum Gasteiger partial charge on any atom is 0.284 e. The Kier molecular flexibility index (Phi) is 16.2. The van der Waals surface area contributed by atoms with Crippen molar-refractivity contribution in [3.05, 3.63) is 143 Å². The molecule has 8 heterocycles. The highest BCUT2D eigenvalue weighted by Crippen LogP contribution is 2.58. The zero-order chi connectivity index (χ0) is 56.9. The number of ether oxygens (including phenoxy) is 8. The van der Waals surface area contributed by atoms with Crippen LogP contribution in [0.5, 0.6) is 93.0 Å². The van der Waals surface area contributed by atoms with E-state index in [0.29, 0.717) is 46.0 Å². The zero-order valence-corrected chi connectivity index (χ0v) is 48.5. The predicted molar refractivity (Wildman–Crippen MR) is 317 cm³/mol. The summed E-state index contributed by atoms with van der Waals surface area (Å²) < 4.78 is 57.1. The Balaban J connectivity index is 1.20. The van der Waals surface area contributed by atoms with Gasteiger partial charge in [-0.3, -0.25) is 0 Å². The van der Waals surface area contributed by atoms with E-state index in [4.69, 9.17) is 77.8 Å². The van der Waals surface area contributed by atoms with Crippen LogP contribution < -0.4 is 37.9 Å². The number of benzene rings is 4. The molecule has 432 valence electrons. The number of unbranched alkanes of at least 4 members (excludes halogenated alkanes) is 12. The summed E-state index contributed by atoms with van der Waals surface area (Å²) in [6.45, 7) is 9.01. The first-order valence-corrected chi connectivity index (χ1v) is 30.8. The highest BCUT2D eigenvalue weighted by atomic mass is 16.6. The van der Waals surface area contributed by atoms with Crippen LogP contribution in [0.4, 0.5) is 0 Å². The molecule has 4 aromatic carbocycles. The predicted octanol–water partition coefficient (Wildman–Crippen LogP) is 19.2. The highest BCUT2D eigenvalue weighted by Gasteiger charge is 2.39. The van der Waals surface area contributed by atoms with E-state index in [1.807, 2.05) is 24.3 Å². The molecule has 0 radical (unpaired) electrons. The van der Waals surface area contributed by atoms with Gasteiger partial charge in [-0.2, -0.15) is 0 Å². The minimum Gasteiger partial charge on any atom is -0.434 e. The second-order valence-electron chi connectivity index (χ2n) is 22.8. The molecule has 0 unspecified atom stereocenters. The lowest BCUT2D eigenvalue weighted by Crippen LogP contribution is -2.13. The van der Waals surface area contributed by atoms with Gasteiger partial charge in [0.1, 0.15) is 46.0 Å². The fourth-order valence-corrected chi connectivity index (χ4v) is 12.9. The average molecular weight is 1130 g/mol. The summed E-state index contributed by atoms with van der Waals surface area (Å²) in [6.07, 6.45) is 32.7.